The largest absolute Gasteiger partial charge is 0.404 e. The van der Waals surface area contributed by atoms with Crippen molar-refractivity contribution in [1.29, 1.82) is 0 Å². The molecule has 6 heteroatoms. The van der Waals surface area contributed by atoms with E-state index < -0.39 is 7.75 Å². The van der Waals surface area contributed by atoms with Crippen LogP contribution in [0.2, 0.25) is 0 Å². The van der Waals surface area contributed by atoms with Gasteiger partial charge in [0.05, 0.1) is 0 Å². The minimum Gasteiger partial charge on any atom is -0.309 e. The zero-order chi connectivity index (χ0) is 11.0. The lowest BCUT2D eigenvalue weighted by molar-refractivity contribution is 0.264. The van der Waals surface area contributed by atoms with Gasteiger partial charge in [-0.1, -0.05) is 0 Å². The van der Waals surface area contributed by atoms with Crippen molar-refractivity contribution in [2.24, 2.45) is 0 Å². The molecule has 0 amide bonds. The van der Waals surface area contributed by atoms with E-state index in [1.165, 1.54) is 14.2 Å². The highest BCUT2D eigenvalue weighted by molar-refractivity contribution is 7.51. The van der Waals surface area contributed by atoms with Gasteiger partial charge in [-0.25, -0.2) is 9.65 Å². The van der Waals surface area contributed by atoms with Gasteiger partial charge in [-0.2, -0.15) is 0 Å². The predicted molar refractivity (Wildman–Crippen MR) is 57.4 cm³/mol. The Morgan fingerprint density at radius 3 is 2.21 bits per heavy atom. The van der Waals surface area contributed by atoms with E-state index in [9.17, 15) is 4.57 Å². The van der Waals surface area contributed by atoms with Crippen LogP contribution in [0.3, 0.4) is 0 Å². The first-order valence-corrected chi connectivity index (χ1v) is 6.19. The van der Waals surface area contributed by atoms with Crippen LogP contribution in [-0.4, -0.2) is 46.3 Å². The van der Waals surface area contributed by atoms with E-state index in [-0.39, 0.29) is 0 Å². The van der Waals surface area contributed by atoms with E-state index in [4.69, 9.17) is 9.05 Å². The summed E-state index contributed by atoms with van der Waals surface area (Å²) >= 11 is 0. The van der Waals surface area contributed by atoms with E-state index in [2.05, 4.69) is 9.99 Å². The zero-order valence-corrected chi connectivity index (χ0v) is 10.3. The molecule has 0 saturated carbocycles. The molecule has 0 unspecified atom stereocenters. The van der Waals surface area contributed by atoms with Crippen LogP contribution < -0.4 is 5.09 Å². The second kappa shape index (κ2) is 7.37. The average molecular weight is 224 g/mol. The number of rotatable bonds is 8. The molecular weight excluding hydrogens is 203 g/mol. The summed E-state index contributed by atoms with van der Waals surface area (Å²) in [4.78, 5) is 2.12. The molecule has 0 aromatic heterocycles. The summed E-state index contributed by atoms with van der Waals surface area (Å²) in [6, 6.07) is 0. The highest BCUT2D eigenvalue weighted by Gasteiger charge is 2.18. The fourth-order valence-electron chi connectivity index (χ4n) is 0.973. The molecule has 0 rings (SSSR count). The highest BCUT2D eigenvalue weighted by Crippen LogP contribution is 2.40. The van der Waals surface area contributed by atoms with Gasteiger partial charge < -0.3 is 13.9 Å². The summed E-state index contributed by atoms with van der Waals surface area (Å²) in [6.07, 6.45) is 2.02. The second-order valence-electron chi connectivity index (χ2n) is 3.28. The van der Waals surface area contributed by atoms with Crippen molar-refractivity contribution in [2.45, 2.75) is 12.8 Å². The summed E-state index contributed by atoms with van der Waals surface area (Å²) in [5, 5.41) is 2.76. The molecule has 0 saturated heterocycles. The third-order valence-electron chi connectivity index (χ3n) is 1.82. The first-order chi connectivity index (χ1) is 6.54. The molecule has 86 valence electrons. The Morgan fingerprint density at radius 1 is 1.21 bits per heavy atom. The highest BCUT2D eigenvalue weighted by atomic mass is 31.2. The molecule has 0 bridgehead atoms. The second-order valence-corrected chi connectivity index (χ2v) is 5.32. The Balaban J connectivity index is 3.48. The maximum absolute atomic E-state index is 11.5. The van der Waals surface area contributed by atoms with Crippen LogP contribution >= 0.6 is 7.75 Å². The lowest BCUT2D eigenvalue weighted by Gasteiger charge is -2.15. The standard InChI is InChI=1S/C8H21N2O3P/c1-10(2)8-6-5-7-9-14(11,12-3)13-4/h5-8H2,1-4H3,(H,9,11). The molecule has 0 atom stereocenters. The van der Waals surface area contributed by atoms with Gasteiger partial charge in [-0.3, -0.25) is 0 Å². The molecule has 0 spiro atoms. The first kappa shape index (κ1) is 14.1. The lowest BCUT2D eigenvalue weighted by atomic mass is 10.3. The molecule has 0 fully saturated rings. The Labute approximate surface area is 86.3 Å². The van der Waals surface area contributed by atoms with Crippen molar-refractivity contribution in [3.05, 3.63) is 0 Å². The van der Waals surface area contributed by atoms with Crippen LogP contribution in [0, 0.1) is 0 Å². The van der Waals surface area contributed by atoms with Crippen molar-refractivity contribution in [3.8, 4) is 0 Å². The fraction of sp³-hybridized carbons (Fsp3) is 1.00. The molecule has 14 heavy (non-hydrogen) atoms. The van der Waals surface area contributed by atoms with E-state index in [1.807, 2.05) is 14.1 Å². The number of nitrogens with one attached hydrogen (secondary N) is 1. The van der Waals surface area contributed by atoms with Crippen molar-refractivity contribution in [3.63, 3.8) is 0 Å². The molecule has 0 aliphatic carbocycles. The maximum atomic E-state index is 11.5. The molecule has 0 aromatic rings. The maximum Gasteiger partial charge on any atom is 0.404 e. The van der Waals surface area contributed by atoms with Gasteiger partial charge >= 0.3 is 7.75 Å². The Bertz CT molecular complexity index is 179. The van der Waals surface area contributed by atoms with Gasteiger partial charge in [-0.15, -0.1) is 0 Å². The van der Waals surface area contributed by atoms with Crippen LogP contribution in [0.1, 0.15) is 12.8 Å². The van der Waals surface area contributed by atoms with Crippen LogP contribution in [0.4, 0.5) is 0 Å². The zero-order valence-electron chi connectivity index (χ0n) is 9.45. The van der Waals surface area contributed by atoms with Gasteiger partial charge in [0.1, 0.15) is 0 Å². The third-order valence-corrected chi connectivity index (χ3v) is 3.39. The summed E-state index contributed by atoms with van der Waals surface area (Å²) < 4.78 is 20.9. The summed E-state index contributed by atoms with van der Waals surface area (Å²) in [6.45, 7) is 1.68. The molecule has 0 aliphatic heterocycles. The average Bonchev–Trinajstić information content (AvgIpc) is 2.16. The molecule has 0 aromatic carbocycles. The van der Waals surface area contributed by atoms with Crippen LogP contribution in [0.5, 0.6) is 0 Å². The quantitative estimate of drug-likeness (QED) is 0.497. The SMILES string of the molecule is COP(=O)(NCCCCN(C)C)OC. The molecule has 1 N–H and O–H groups in total. The Morgan fingerprint density at radius 2 is 1.79 bits per heavy atom. The summed E-state index contributed by atoms with van der Waals surface area (Å²) in [5.41, 5.74) is 0. The monoisotopic (exact) mass is 224 g/mol. The normalized spacial score (nSPS) is 12.4. The molecule has 0 radical (unpaired) electrons. The first-order valence-electron chi connectivity index (χ1n) is 4.65. The van der Waals surface area contributed by atoms with Crippen molar-refractivity contribution in [2.75, 3.05) is 41.4 Å². The van der Waals surface area contributed by atoms with E-state index in [0.29, 0.717) is 6.54 Å². The van der Waals surface area contributed by atoms with Crippen LogP contribution in [0.25, 0.3) is 0 Å². The fourth-order valence-corrected chi connectivity index (χ4v) is 1.81. The number of hydrogen-bond donors (Lipinski definition) is 1. The molecule has 5 nitrogen and oxygen atoms in total. The van der Waals surface area contributed by atoms with Crippen molar-refractivity contribution >= 4 is 7.75 Å². The molecule has 0 heterocycles. The lowest BCUT2D eigenvalue weighted by Crippen LogP contribution is -2.17. The molecule has 0 aliphatic rings. The van der Waals surface area contributed by atoms with Crippen molar-refractivity contribution < 1.29 is 13.6 Å². The Hall–Kier alpha value is 0.0700. The smallest absolute Gasteiger partial charge is 0.309 e. The van der Waals surface area contributed by atoms with E-state index >= 15 is 0 Å². The minimum absolute atomic E-state index is 0.646. The third kappa shape index (κ3) is 6.51. The molecular formula is C8H21N2O3P. The minimum atomic E-state index is -3.01. The number of hydrogen-bond acceptors (Lipinski definition) is 4. The van der Waals surface area contributed by atoms with Gasteiger partial charge in [0.25, 0.3) is 0 Å². The van der Waals surface area contributed by atoms with Gasteiger partial charge in [0.15, 0.2) is 0 Å². The summed E-state index contributed by atoms with van der Waals surface area (Å²) in [5.74, 6) is 0. The predicted octanol–water partition coefficient (Wildman–Crippen LogP) is 1.32. The topological polar surface area (TPSA) is 50.8 Å². The van der Waals surface area contributed by atoms with Crippen LogP contribution in [0.15, 0.2) is 0 Å². The van der Waals surface area contributed by atoms with E-state index in [1.54, 1.807) is 0 Å². The van der Waals surface area contributed by atoms with Gasteiger partial charge in [-0.05, 0) is 33.5 Å². The number of unbranched alkanes of at least 4 members (excludes halogenated alkanes) is 1. The van der Waals surface area contributed by atoms with Gasteiger partial charge in [0, 0.05) is 20.8 Å². The summed E-state index contributed by atoms with van der Waals surface area (Å²) in [7, 11) is 3.80. The van der Waals surface area contributed by atoms with Crippen molar-refractivity contribution in [1.82, 2.24) is 9.99 Å². The number of nitrogens with zero attached hydrogens (tertiary/aromatic N) is 1. The van der Waals surface area contributed by atoms with E-state index in [0.717, 1.165) is 19.4 Å². The van der Waals surface area contributed by atoms with Gasteiger partial charge in [0.2, 0.25) is 0 Å². The van der Waals surface area contributed by atoms with Crippen LogP contribution in [-0.2, 0) is 13.6 Å². The Kier molecular flexibility index (Phi) is 7.41.